The summed E-state index contributed by atoms with van der Waals surface area (Å²) in [5, 5.41) is 10.3. The molecule has 0 spiro atoms. The molecule has 0 rings (SSSR count). The largest absolute Gasteiger partial charge is 1.00 e. The zero-order chi connectivity index (χ0) is 10.1. The van der Waals surface area contributed by atoms with Crippen molar-refractivity contribution >= 4 is 5.97 Å². The molecule has 0 atom stereocenters. The summed E-state index contributed by atoms with van der Waals surface area (Å²) < 4.78 is 0. The monoisotopic (exact) mass is 206 g/mol. The predicted molar refractivity (Wildman–Crippen MR) is 52.1 cm³/mol. The van der Waals surface area contributed by atoms with E-state index in [1.807, 2.05) is 0 Å². The topological polar surface area (TPSA) is 40.1 Å². The van der Waals surface area contributed by atoms with Crippen LogP contribution in [0.3, 0.4) is 0 Å². The van der Waals surface area contributed by atoms with Crippen LogP contribution in [0, 0.1) is 0 Å². The van der Waals surface area contributed by atoms with Crippen LogP contribution in [0.1, 0.15) is 52.4 Å². The molecule has 0 aliphatic heterocycles. The van der Waals surface area contributed by atoms with Crippen LogP contribution >= 0.6 is 0 Å². The Balaban J connectivity index is 0. The Kier molecular flexibility index (Phi) is 13.4. The van der Waals surface area contributed by atoms with Gasteiger partial charge in [-0.25, -0.2) is 0 Å². The van der Waals surface area contributed by atoms with Crippen LogP contribution in [0.15, 0.2) is 11.6 Å². The Labute approximate surface area is 109 Å². The Morgan fingerprint density at radius 2 is 1.79 bits per heavy atom. The van der Waals surface area contributed by atoms with Crippen molar-refractivity contribution in [3.63, 3.8) is 0 Å². The van der Waals surface area contributed by atoms with Crippen molar-refractivity contribution in [2.75, 3.05) is 0 Å². The van der Waals surface area contributed by atoms with Crippen molar-refractivity contribution in [1.82, 2.24) is 0 Å². The molecule has 0 aliphatic rings. The maximum atomic E-state index is 10.3. The predicted octanol–water partition coefficient (Wildman–Crippen LogP) is -0.953. The van der Waals surface area contributed by atoms with Crippen molar-refractivity contribution in [2.45, 2.75) is 52.4 Å². The normalized spacial score (nSPS) is 10.9. The summed E-state index contributed by atoms with van der Waals surface area (Å²) in [6.07, 6.45) is 8.69. The number of rotatable bonds is 7. The standard InChI is InChI=1S/C11H20O2.Na/c1-3-4-5-6-7-8-9-10(2)11(12)13;/h9H,3-8H2,1-2H3,(H,12,13);/q;+1/p-1. The fraction of sp³-hybridized carbons (Fsp3) is 0.727. The van der Waals surface area contributed by atoms with E-state index in [0.717, 1.165) is 12.8 Å². The molecular weight excluding hydrogens is 187 g/mol. The Morgan fingerprint density at radius 3 is 2.29 bits per heavy atom. The third kappa shape index (κ3) is 10.3. The van der Waals surface area contributed by atoms with Crippen LogP contribution in [0.5, 0.6) is 0 Å². The van der Waals surface area contributed by atoms with Gasteiger partial charge >= 0.3 is 29.6 Å². The van der Waals surface area contributed by atoms with E-state index in [2.05, 4.69) is 6.92 Å². The minimum atomic E-state index is -1.05. The van der Waals surface area contributed by atoms with E-state index in [1.54, 1.807) is 13.0 Å². The molecule has 0 bridgehead atoms. The number of hydrogen-bond donors (Lipinski definition) is 0. The first-order chi connectivity index (χ1) is 6.18. The third-order valence-electron chi connectivity index (χ3n) is 2.08. The van der Waals surface area contributed by atoms with E-state index < -0.39 is 5.97 Å². The van der Waals surface area contributed by atoms with Gasteiger partial charge in [0.1, 0.15) is 0 Å². The summed E-state index contributed by atoms with van der Waals surface area (Å²) in [4.78, 5) is 10.3. The summed E-state index contributed by atoms with van der Waals surface area (Å²) in [5.41, 5.74) is 0.357. The number of carboxylic acids is 1. The molecule has 0 aliphatic carbocycles. The first-order valence-corrected chi connectivity index (χ1v) is 5.06. The van der Waals surface area contributed by atoms with Crippen LogP contribution in [0.25, 0.3) is 0 Å². The molecule has 0 amide bonds. The van der Waals surface area contributed by atoms with Gasteiger partial charge in [0.2, 0.25) is 0 Å². The van der Waals surface area contributed by atoms with Crippen LogP contribution in [-0.2, 0) is 4.79 Å². The van der Waals surface area contributed by atoms with Crippen LogP contribution in [-0.4, -0.2) is 5.97 Å². The molecule has 0 saturated heterocycles. The number of unbranched alkanes of at least 4 members (excludes halogenated alkanes) is 5. The Bertz CT molecular complexity index is 176. The number of carboxylic acid groups (broad SMARTS) is 1. The molecule has 0 aromatic rings. The second-order valence-electron chi connectivity index (χ2n) is 3.38. The van der Waals surface area contributed by atoms with Gasteiger partial charge in [-0.05, 0) is 25.3 Å². The molecule has 14 heavy (non-hydrogen) atoms. The molecule has 76 valence electrons. The van der Waals surface area contributed by atoms with E-state index in [9.17, 15) is 9.90 Å². The molecule has 0 aromatic carbocycles. The van der Waals surface area contributed by atoms with E-state index in [-0.39, 0.29) is 29.6 Å². The van der Waals surface area contributed by atoms with Gasteiger partial charge in [-0.1, -0.05) is 38.7 Å². The number of carbonyl (C=O) groups is 1. The summed E-state index contributed by atoms with van der Waals surface area (Å²) in [5.74, 6) is -1.05. The van der Waals surface area contributed by atoms with Gasteiger partial charge in [0.25, 0.3) is 0 Å². The van der Waals surface area contributed by atoms with Gasteiger partial charge in [0.05, 0.1) is 5.97 Å². The maximum absolute atomic E-state index is 10.3. The first-order valence-electron chi connectivity index (χ1n) is 5.06. The third-order valence-corrected chi connectivity index (χ3v) is 2.08. The molecule has 3 heteroatoms. The average Bonchev–Trinajstić information content (AvgIpc) is 2.10. The molecule has 0 radical (unpaired) electrons. The van der Waals surface area contributed by atoms with Crippen molar-refractivity contribution in [1.29, 1.82) is 0 Å². The van der Waals surface area contributed by atoms with Gasteiger partial charge < -0.3 is 9.90 Å². The fourth-order valence-corrected chi connectivity index (χ4v) is 1.15. The van der Waals surface area contributed by atoms with Gasteiger partial charge in [-0.3, -0.25) is 0 Å². The molecule has 0 aromatic heterocycles. The maximum Gasteiger partial charge on any atom is 1.00 e. The summed E-state index contributed by atoms with van der Waals surface area (Å²) in [6, 6.07) is 0. The minimum absolute atomic E-state index is 0. The number of aliphatic carboxylic acids is 1. The van der Waals surface area contributed by atoms with Crippen molar-refractivity contribution < 1.29 is 39.5 Å². The van der Waals surface area contributed by atoms with Gasteiger partial charge in [-0.15, -0.1) is 0 Å². The number of hydrogen-bond acceptors (Lipinski definition) is 2. The smallest absolute Gasteiger partial charge is 0.545 e. The quantitative estimate of drug-likeness (QED) is 0.306. The molecule has 0 N–H and O–H groups in total. The molecule has 0 heterocycles. The molecule has 0 saturated carbocycles. The molecular formula is C11H19NaO2. The summed E-state index contributed by atoms with van der Waals surface area (Å²) >= 11 is 0. The Hall–Kier alpha value is 0.210. The van der Waals surface area contributed by atoms with Crippen molar-refractivity contribution in [3.05, 3.63) is 11.6 Å². The van der Waals surface area contributed by atoms with Crippen molar-refractivity contribution in [3.8, 4) is 0 Å². The van der Waals surface area contributed by atoms with Gasteiger partial charge in [0.15, 0.2) is 0 Å². The summed E-state index contributed by atoms with van der Waals surface area (Å²) in [6.45, 7) is 3.77. The molecule has 0 fully saturated rings. The van der Waals surface area contributed by atoms with E-state index in [0.29, 0.717) is 5.57 Å². The number of allylic oxidation sites excluding steroid dienone is 1. The fourth-order valence-electron chi connectivity index (χ4n) is 1.15. The first kappa shape index (κ1) is 16.6. The van der Waals surface area contributed by atoms with Crippen LogP contribution in [0.4, 0.5) is 0 Å². The SMILES string of the molecule is CCCCCCCC=C(C)C(=O)[O-].[Na+]. The van der Waals surface area contributed by atoms with E-state index >= 15 is 0 Å². The van der Waals surface area contributed by atoms with Gasteiger partial charge in [0, 0.05) is 0 Å². The van der Waals surface area contributed by atoms with E-state index in [4.69, 9.17) is 0 Å². The average molecular weight is 206 g/mol. The minimum Gasteiger partial charge on any atom is -0.545 e. The summed E-state index contributed by atoms with van der Waals surface area (Å²) in [7, 11) is 0. The van der Waals surface area contributed by atoms with Crippen LogP contribution < -0.4 is 34.7 Å². The zero-order valence-corrected chi connectivity index (χ0v) is 11.6. The van der Waals surface area contributed by atoms with Crippen molar-refractivity contribution in [2.24, 2.45) is 0 Å². The Morgan fingerprint density at radius 1 is 1.21 bits per heavy atom. The second kappa shape index (κ2) is 11.3. The molecule has 0 unspecified atom stereocenters. The number of carbonyl (C=O) groups excluding carboxylic acids is 1. The zero-order valence-electron chi connectivity index (χ0n) is 9.64. The molecule has 2 nitrogen and oxygen atoms in total. The van der Waals surface area contributed by atoms with E-state index in [1.165, 1.54) is 25.7 Å². The van der Waals surface area contributed by atoms with Gasteiger partial charge in [-0.2, -0.15) is 0 Å². The second-order valence-corrected chi connectivity index (χ2v) is 3.38. The van der Waals surface area contributed by atoms with Crippen LogP contribution in [0.2, 0.25) is 0 Å².